The Labute approximate surface area is 149 Å². The van der Waals surface area contributed by atoms with Crippen molar-refractivity contribution in [1.82, 2.24) is 0 Å². The van der Waals surface area contributed by atoms with Crippen LogP contribution in [-0.2, 0) is 14.3 Å². The molecule has 0 saturated carbocycles. The highest BCUT2D eigenvalue weighted by atomic mass is 35.5. The summed E-state index contributed by atoms with van der Waals surface area (Å²) in [6, 6.07) is 13.9. The molecule has 6 nitrogen and oxygen atoms in total. The number of amides is 1. The monoisotopic (exact) mass is 361 g/mol. The normalized spacial score (nSPS) is 16.5. The van der Waals surface area contributed by atoms with E-state index in [1.54, 1.807) is 55.5 Å². The van der Waals surface area contributed by atoms with Crippen LogP contribution < -0.4 is 9.64 Å². The third-order valence-electron chi connectivity index (χ3n) is 3.56. The molecular formula is C18H16ClNO5. The lowest BCUT2D eigenvalue weighted by Gasteiger charge is -2.13. The van der Waals surface area contributed by atoms with Crippen molar-refractivity contribution in [3.63, 3.8) is 0 Å². The van der Waals surface area contributed by atoms with Crippen LogP contribution in [0.2, 0.25) is 5.02 Å². The summed E-state index contributed by atoms with van der Waals surface area (Å²) in [4.78, 5) is 25.0. The van der Waals surface area contributed by atoms with Crippen molar-refractivity contribution in [3.05, 3.63) is 53.6 Å². The molecule has 0 spiro atoms. The van der Waals surface area contributed by atoms with E-state index in [4.69, 9.17) is 25.8 Å². The fraction of sp³-hybridized carbons (Fsp3) is 0.222. The van der Waals surface area contributed by atoms with Crippen molar-refractivity contribution in [2.45, 2.75) is 13.0 Å². The molecule has 25 heavy (non-hydrogen) atoms. The fourth-order valence-corrected chi connectivity index (χ4v) is 2.49. The van der Waals surface area contributed by atoms with E-state index >= 15 is 0 Å². The van der Waals surface area contributed by atoms with Crippen LogP contribution >= 0.6 is 11.6 Å². The van der Waals surface area contributed by atoms with Crippen molar-refractivity contribution >= 4 is 29.4 Å². The molecule has 0 aromatic heterocycles. The zero-order valence-corrected chi connectivity index (χ0v) is 14.2. The summed E-state index contributed by atoms with van der Waals surface area (Å²) in [6.45, 7) is 2.06. The Hall–Kier alpha value is -2.73. The van der Waals surface area contributed by atoms with Gasteiger partial charge < -0.3 is 14.2 Å². The minimum Gasteiger partial charge on any atom is -0.463 e. The lowest BCUT2D eigenvalue weighted by atomic mass is 10.2. The SMILES string of the molecule is CCOC(=O)[C@H]1CN(c2ccc(Oc3ccc(Cl)cc3)cc2)C(=O)O1. The van der Waals surface area contributed by atoms with Crippen molar-refractivity contribution in [3.8, 4) is 11.5 Å². The summed E-state index contributed by atoms with van der Waals surface area (Å²) in [5.74, 6) is 0.724. The van der Waals surface area contributed by atoms with Crippen molar-refractivity contribution in [1.29, 1.82) is 0 Å². The van der Waals surface area contributed by atoms with E-state index in [-0.39, 0.29) is 13.2 Å². The van der Waals surface area contributed by atoms with E-state index in [1.165, 1.54) is 4.90 Å². The van der Waals surface area contributed by atoms with E-state index in [0.29, 0.717) is 22.2 Å². The number of hydrogen-bond donors (Lipinski definition) is 0. The number of esters is 1. The highest BCUT2D eigenvalue weighted by Gasteiger charge is 2.37. The third kappa shape index (κ3) is 4.03. The van der Waals surface area contributed by atoms with Gasteiger partial charge in [-0.2, -0.15) is 0 Å². The Kier molecular flexibility index (Phi) is 5.09. The zero-order valence-electron chi connectivity index (χ0n) is 13.5. The molecule has 1 heterocycles. The molecular weight excluding hydrogens is 346 g/mol. The highest BCUT2D eigenvalue weighted by Crippen LogP contribution is 2.27. The van der Waals surface area contributed by atoms with E-state index in [1.807, 2.05) is 0 Å². The van der Waals surface area contributed by atoms with Gasteiger partial charge in [0.25, 0.3) is 0 Å². The minimum atomic E-state index is -0.905. The molecule has 1 saturated heterocycles. The molecule has 0 radical (unpaired) electrons. The second-order valence-electron chi connectivity index (χ2n) is 5.28. The number of cyclic esters (lactones) is 1. The molecule has 2 aromatic rings. The highest BCUT2D eigenvalue weighted by molar-refractivity contribution is 6.30. The van der Waals surface area contributed by atoms with E-state index in [0.717, 1.165) is 0 Å². The van der Waals surface area contributed by atoms with Crippen molar-refractivity contribution in [2.24, 2.45) is 0 Å². The maximum Gasteiger partial charge on any atom is 0.415 e. The fourth-order valence-electron chi connectivity index (χ4n) is 2.36. The van der Waals surface area contributed by atoms with Gasteiger partial charge in [0.05, 0.1) is 13.2 Å². The van der Waals surface area contributed by atoms with Gasteiger partial charge in [0.15, 0.2) is 0 Å². The van der Waals surface area contributed by atoms with Crippen LogP contribution in [0.25, 0.3) is 0 Å². The summed E-state index contributed by atoms with van der Waals surface area (Å²) in [6.07, 6.45) is -1.48. The first-order valence-electron chi connectivity index (χ1n) is 7.75. The molecule has 1 atom stereocenters. The van der Waals surface area contributed by atoms with E-state index < -0.39 is 18.2 Å². The topological polar surface area (TPSA) is 65.1 Å². The average Bonchev–Trinajstić information content (AvgIpc) is 3.00. The zero-order chi connectivity index (χ0) is 17.8. The lowest BCUT2D eigenvalue weighted by molar-refractivity contribution is -0.151. The predicted molar refractivity (Wildman–Crippen MR) is 92.2 cm³/mol. The molecule has 0 bridgehead atoms. The molecule has 0 N–H and O–H groups in total. The second kappa shape index (κ2) is 7.44. The largest absolute Gasteiger partial charge is 0.463 e. The summed E-state index contributed by atoms with van der Waals surface area (Å²) in [7, 11) is 0. The number of carbonyl (C=O) groups excluding carboxylic acids is 2. The van der Waals surface area contributed by atoms with Crippen LogP contribution in [0.3, 0.4) is 0 Å². The number of ether oxygens (including phenoxy) is 3. The molecule has 0 unspecified atom stereocenters. The van der Waals surface area contributed by atoms with Crippen LogP contribution in [0.1, 0.15) is 6.92 Å². The molecule has 1 amide bonds. The maximum absolute atomic E-state index is 12.0. The standard InChI is InChI=1S/C18H16ClNO5/c1-2-23-17(21)16-11-20(18(22)25-16)13-5-9-15(10-6-13)24-14-7-3-12(19)4-8-14/h3-10,16H,2,11H2,1H3/t16-/m1/s1. The van der Waals surface area contributed by atoms with Gasteiger partial charge in [0.1, 0.15) is 11.5 Å². The molecule has 1 aliphatic rings. The van der Waals surface area contributed by atoms with Crippen LogP contribution in [0.15, 0.2) is 48.5 Å². The van der Waals surface area contributed by atoms with Gasteiger partial charge >= 0.3 is 12.1 Å². The van der Waals surface area contributed by atoms with E-state index in [9.17, 15) is 9.59 Å². The molecule has 2 aromatic carbocycles. The molecule has 130 valence electrons. The molecule has 3 rings (SSSR count). The predicted octanol–water partition coefficient (Wildman–Crippen LogP) is 4.02. The first-order chi connectivity index (χ1) is 12.1. The number of benzene rings is 2. The molecule has 1 aliphatic heterocycles. The Morgan fingerprint density at radius 3 is 2.36 bits per heavy atom. The quantitative estimate of drug-likeness (QED) is 0.752. The number of anilines is 1. The summed E-state index contributed by atoms with van der Waals surface area (Å²) >= 11 is 5.84. The van der Waals surface area contributed by atoms with Gasteiger partial charge in [-0.1, -0.05) is 11.6 Å². The molecule has 1 fully saturated rings. The van der Waals surface area contributed by atoms with Gasteiger partial charge in [0, 0.05) is 10.7 Å². The first kappa shape index (κ1) is 17.1. The number of halogens is 1. The van der Waals surface area contributed by atoms with Crippen LogP contribution in [0.5, 0.6) is 11.5 Å². The third-order valence-corrected chi connectivity index (χ3v) is 3.81. The number of hydrogen-bond acceptors (Lipinski definition) is 5. The number of carbonyl (C=O) groups is 2. The van der Waals surface area contributed by atoms with Gasteiger partial charge in [-0.05, 0) is 55.5 Å². The maximum atomic E-state index is 12.0. The number of nitrogens with zero attached hydrogens (tertiary/aromatic N) is 1. The first-order valence-corrected chi connectivity index (χ1v) is 8.13. The van der Waals surface area contributed by atoms with Gasteiger partial charge in [-0.15, -0.1) is 0 Å². The minimum absolute atomic E-state index is 0.120. The van der Waals surface area contributed by atoms with Crippen molar-refractivity contribution < 1.29 is 23.8 Å². The molecule has 0 aliphatic carbocycles. The van der Waals surface area contributed by atoms with Gasteiger partial charge in [-0.3, -0.25) is 4.90 Å². The van der Waals surface area contributed by atoms with Gasteiger partial charge in [0.2, 0.25) is 6.10 Å². The summed E-state index contributed by atoms with van der Waals surface area (Å²) in [5.41, 5.74) is 0.611. The summed E-state index contributed by atoms with van der Waals surface area (Å²) < 4.78 is 15.6. The number of rotatable bonds is 5. The smallest absolute Gasteiger partial charge is 0.415 e. The summed E-state index contributed by atoms with van der Waals surface area (Å²) in [5, 5.41) is 0.631. The van der Waals surface area contributed by atoms with Crippen LogP contribution in [0.4, 0.5) is 10.5 Å². The Morgan fingerprint density at radius 2 is 1.76 bits per heavy atom. The lowest BCUT2D eigenvalue weighted by Crippen LogP contribution is -2.29. The Morgan fingerprint density at radius 1 is 1.16 bits per heavy atom. The average molecular weight is 362 g/mol. The van der Waals surface area contributed by atoms with Crippen molar-refractivity contribution in [2.75, 3.05) is 18.1 Å². The Bertz CT molecular complexity index is 760. The van der Waals surface area contributed by atoms with Gasteiger partial charge in [-0.25, -0.2) is 9.59 Å². The second-order valence-corrected chi connectivity index (χ2v) is 5.72. The molecule has 7 heteroatoms. The van der Waals surface area contributed by atoms with Crippen LogP contribution in [-0.4, -0.2) is 31.3 Å². The Balaban J connectivity index is 1.67. The van der Waals surface area contributed by atoms with Crippen LogP contribution in [0, 0.1) is 0 Å². The van der Waals surface area contributed by atoms with E-state index in [2.05, 4.69) is 0 Å².